The zero-order valence-corrected chi connectivity index (χ0v) is 14.1. The average Bonchev–Trinajstić information content (AvgIpc) is 3.04. The fourth-order valence-electron chi connectivity index (χ4n) is 5.31. The first kappa shape index (κ1) is 15.6. The van der Waals surface area contributed by atoms with Crippen molar-refractivity contribution in [2.24, 2.45) is 5.92 Å². The van der Waals surface area contributed by atoms with Gasteiger partial charge >= 0.3 is 0 Å². The lowest BCUT2D eigenvalue weighted by molar-refractivity contribution is -0.00383. The Hall–Kier alpha value is -0.930. The van der Waals surface area contributed by atoms with Crippen LogP contribution in [0, 0.1) is 11.7 Å². The van der Waals surface area contributed by atoms with Crippen LogP contribution in [0.3, 0.4) is 0 Å². The van der Waals surface area contributed by atoms with Gasteiger partial charge in [-0.3, -0.25) is 9.80 Å². The van der Waals surface area contributed by atoms with Crippen molar-refractivity contribution in [1.29, 1.82) is 0 Å². The van der Waals surface area contributed by atoms with Gasteiger partial charge in [0.1, 0.15) is 5.82 Å². The number of halogens is 1. The second-order valence-corrected chi connectivity index (χ2v) is 7.73. The highest BCUT2D eigenvalue weighted by Gasteiger charge is 2.42. The lowest BCUT2D eigenvalue weighted by Crippen LogP contribution is -2.59. The van der Waals surface area contributed by atoms with Crippen LogP contribution in [0.15, 0.2) is 24.3 Å². The molecule has 0 bridgehead atoms. The van der Waals surface area contributed by atoms with E-state index in [9.17, 15) is 4.39 Å². The maximum atomic E-state index is 13.6. The van der Waals surface area contributed by atoms with Crippen molar-refractivity contribution in [1.82, 2.24) is 9.80 Å². The van der Waals surface area contributed by atoms with E-state index in [1.807, 2.05) is 6.07 Å². The molecule has 0 amide bonds. The number of hydrogen-bond acceptors (Lipinski definition) is 2. The van der Waals surface area contributed by atoms with E-state index >= 15 is 0 Å². The van der Waals surface area contributed by atoms with Gasteiger partial charge in [0.15, 0.2) is 0 Å². The van der Waals surface area contributed by atoms with Crippen molar-refractivity contribution in [3.63, 3.8) is 0 Å². The molecule has 23 heavy (non-hydrogen) atoms. The predicted molar refractivity (Wildman–Crippen MR) is 91.8 cm³/mol. The Morgan fingerprint density at radius 1 is 0.957 bits per heavy atom. The SMILES string of the molecule is Fc1cccc(CN2CCN3CCC[C@@H]3[C@H]2C2CCCCC2)c1. The van der Waals surface area contributed by atoms with Crippen LogP contribution in [0.2, 0.25) is 0 Å². The molecular weight excluding hydrogens is 287 g/mol. The van der Waals surface area contributed by atoms with Crippen LogP contribution in [0.25, 0.3) is 0 Å². The first-order valence-corrected chi connectivity index (χ1v) is 9.54. The van der Waals surface area contributed by atoms with E-state index in [-0.39, 0.29) is 5.82 Å². The van der Waals surface area contributed by atoms with Crippen molar-refractivity contribution in [3.05, 3.63) is 35.6 Å². The first-order chi connectivity index (χ1) is 11.3. The minimum Gasteiger partial charge on any atom is -0.298 e. The zero-order chi connectivity index (χ0) is 15.6. The summed E-state index contributed by atoms with van der Waals surface area (Å²) in [7, 11) is 0. The average molecular weight is 316 g/mol. The van der Waals surface area contributed by atoms with E-state index in [1.165, 1.54) is 58.0 Å². The van der Waals surface area contributed by atoms with Gasteiger partial charge in [-0.1, -0.05) is 31.4 Å². The molecule has 3 heteroatoms. The molecule has 0 unspecified atom stereocenters. The minimum atomic E-state index is -0.101. The summed E-state index contributed by atoms with van der Waals surface area (Å²) >= 11 is 0. The molecule has 4 rings (SSSR count). The zero-order valence-electron chi connectivity index (χ0n) is 14.1. The maximum Gasteiger partial charge on any atom is 0.123 e. The molecule has 0 spiro atoms. The summed E-state index contributed by atoms with van der Waals surface area (Å²) in [6, 6.07) is 8.65. The van der Waals surface area contributed by atoms with Gasteiger partial charge in [0.2, 0.25) is 0 Å². The highest BCUT2D eigenvalue weighted by atomic mass is 19.1. The summed E-state index contributed by atoms with van der Waals surface area (Å²) in [4.78, 5) is 5.43. The third kappa shape index (κ3) is 3.32. The van der Waals surface area contributed by atoms with Crippen LogP contribution in [-0.4, -0.2) is 41.5 Å². The van der Waals surface area contributed by atoms with E-state index in [1.54, 1.807) is 12.1 Å². The molecule has 1 aliphatic carbocycles. The molecule has 1 aromatic carbocycles. The van der Waals surface area contributed by atoms with Gasteiger partial charge in [-0.15, -0.1) is 0 Å². The van der Waals surface area contributed by atoms with Crippen LogP contribution in [0.5, 0.6) is 0 Å². The van der Waals surface area contributed by atoms with E-state index in [4.69, 9.17) is 0 Å². The molecule has 2 heterocycles. The predicted octanol–water partition coefficient (Wildman–Crippen LogP) is 4.05. The van der Waals surface area contributed by atoms with Crippen molar-refractivity contribution < 1.29 is 4.39 Å². The molecule has 0 radical (unpaired) electrons. The highest BCUT2D eigenvalue weighted by molar-refractivity contribution is 5.17. The molecule has 2 nitrogen and oxygen atoms in total. The lowest BCUT2D eigenvalue weighted by atomic mass is 9.78. The van der Waals surface area contributed by atoms with E-state index in [2.05, 4.69) is 15.9 Å². The molecule has 2 aliphatic heterocycles. The van der Waals surface area contributed by atoms with Gasteiger partial charge in [-0.05, 0) is 55.8 Å². The number of nitrogens with zero attached hydrogens (tertiary/aromatic N) is 2. The Morgan fingerprint density at radius 2 is 1.83 bits per heavy atom. The van der Waals surface area contributed by atoms with Crippen molar-refractivity contribution >= 4 is 0 Å². The van der Waals surface area contributed by atoms with Crippen LogP contribution < -0.4 is 0 Å². The third-order valence-corrected chi connectivity index (χ3v) is 6.31. The Kier molecular flexibility index (Phi) is 4.68. The fraction of sp³-hybridized carbons (Fsp3) is 0.700. The van der Waals surface area contributed by atoms with Gasteiger partial charge in [-0.25, -0.2) is 4.39 Å². The number of fused-ring (bicyclic) bond motifs is 1. The normalized spacial score (nSPS) is 30.5. The van der Waals surface area contributed by atoms with Crippen LogP contribution in [-0.2, 0) is 6.54 Å². The topological polar surface area (TPSA) is 6.48 Å². The van der Waals surface area contributed by atoms with Crippen LogP contribution in [0.4, 0.5) is 4.39 Å². The molecule has 3 aliphatic rings. The smallest absolute Gasteiger partial charge is 0.123 e. The Balaban J connectivity index is 1.55. The number of hydrogen-bond donors (Lipinski definition) is 0. The van der Waals surface area contributed by atoms with Gasteiger partial charge in [0.25, 0.3) is 0 Å². The highest BCUT2D eigenvalue weighted by Crippen LogP contribution is 2.38. The Morgan fingerprint density at radius 3 is 2.65 bits per heavy atom. The summed E-state index contributed by atoms with van der Waals surface area (Å²) in [5, 5.41) is 0. The second kappa shape index (κ2) is 6.90. The molecule has 1 aromatic rings. The number of piperazine rings is 1. The summed E-state index contributed by atoms with van der Waals surface area (Å²) in [6.45, 7) is 4.56. The minimum absolute atomic E-state index is 0.101. The molecule has 0 aromatic heterocycles. The monoisotopic (exact) mass is 316 g/mol. The van der Waals surface area contributed by atoms with Gasteiger partial charge < -0.3 is 0 Å². The third-order valence-electron chi connectivity index (χ3n) is 6.31. The van der Waals surface area contributed by atoms with E-state index in [0.717, 1.165) is 30.6 Å². The van der Waals surface area contributed by atoms with Gasteiger partial charge in [0, 0.05) is 31.7 Å². The summed E-state index contributed by atoms with van der Waals surface area (Å²) in [6.07, 6.45) is 9.75. The van der Waals surface area contributed by atoms with E-state index in [0.29, 0.717) is 6.04 Å². The lowest BCUT2D eigenvalue weighted by Gasteiger charge is -2.49. The molecular formula is C20H29FN2. The summed E-state index contributed by atoms with van der Waals surface area (Å²) in [5.74, 6) is 0.749. The molecule has 2 saturated heterocycles. The summed E-state index contributed by atoms with van der Waals surface area (Å²) < 4.78 is 13.6. The largest absolute Gasteiger partial charge is 0.298 e. The molecule has 1 saturated carbocycles. The summed E-state index contributed by atoms with van der Waals surface area (Å²) in [5.41, 5.74) is 1.14. The molecule has 2 atom stereocenters. The van der Waals surface area contributed by atoms with Crippen LogP contribution in [0.1, 0.15) is 50.5 Å². The quantitative estimate of drug-likeness (QED) is 0.830. The standard InChI is InChI=1S/C20H29FN2/c21-18-9-4-6-16(14-18)15-23-13-12-22-11-5-10-19(22)20(23)17-7-2-1-3-8-17/h4,6,9,14,17,19-20H,1-3,5,7-8,10-13,15H2/t19-,20-/m1/s1. The molecule has 0 N–H and O–H groups in total. The number of benzene rings is 1. The van der Waals surface area contributed by atoms with Gasteiger partial charge in [0.05, 0.1) is 0 Å². The van der Waals surface area contributed by atoms with Crippen molar-refractivity contribution in [2.45, 2.75) is 63.6 Å². The Labute approximate surface area is 139 Å². The van der Waals surface area contributed by atoms with E-state index < -0.39 is 0 Å². The fourth-order valence-corrected chi connectivity index (χ4v) is 5.31. The van der Waals surface area contributed by atoms with Crippen LogP contribution >= 0.6 is 0 Å². The Bertz CT molecular complexity index is 526. The second-order valence-electron chi connectivity index (χ2n) is 7.73. The molecule has 126 valence electrons. The maximum absolute atomic E-state index is 13.6. The van der Waals surface area contributed by atoms with Gasteiger partial charge in [-0.2, -0.15) is 0 Å². The van der Waals surface area contributed by atoms with Crippen molar-refractivity contribution in [2.75, 3.05) is 19.6 Å². The number of rotatable bonds is 3. The first-order valence-electron chi connectivity index (χ1n) is 9.54. The molecule has 3 fully saturated rings. The van der Waals surface area contributed by atoms with Crippen molar-refractivity contribution in [3.8, 4) is 0 Å².